The second-order valence-electron chi connectivity index (χ2n) is 5.78. The first kappa shape index (κ1) is 36.5. The van der Waals surface area contributed by atoms with Crippen LogP contribution in [-0.2, 0) is 26.2 Å². The maximum absolute atomic E-state index is 11.3. The molecule has 1 rings (SSSR count). The van der Waals surface area contributed by atoms with Gasteiger partial charge in [-0.05, 0) is 41.5 Å². The summed E-state index contributed by atoms with van der Waals surface area (Å²) >= 11 is -2.59. The predicted molar refractivity (Wildman–Crippen MR) is 97.2 cm³/mol. The van der Waals surface area contributed by atoms with E-state index in [0.717, 1.165) is 6.42 Å². The molecule has 0 aliphatic heterocycles. The predicted octanol–water partition coefficient (Wildman–Crippen LogP) is 4.31. The molecule has 0 heterocycles. The van der Waals surface area contributed by atoms with Gasteiger partial charge in [0, 0.05) is 44.5 Å². The van der Waals surface area contributed by atoms with Crippen LogP contribution in [-0.4, -0.2) is 53.0 Å². The van der Waals surface area contributed by atoms with E-state index in [2.05, 4.69) is 12.2 Å². The van der Waals surface area contributed by atoms with Gasteiger partial charge >= 0.3 is 44.0 Å². The fraction of sp³-hybridized carbons (Fsp3) is 0.765. The third kappa shape index (κ3) is 93.5. The molecule has 3 nitrogen and oxygen atoms in total. The van der Waals surface area contributed by atoms with Gasteiger partial charge in [-0.15, -0.1) is 6.42 Å². The van der Waals surface area contributed by atoms with Gasteiger partial charge in [0.25, 0.3) is 0 Å². The minimum Gasteiger partial charge on any atom is 0 e. The maximum Gasteiger partial charge on any atom is 0 e. The first-order valence-electron chi connectivity index (χ1n) is 7.77. The van der Waals surface area contributed by atoms with Gasteiger partial charge in [0.2, 0.25) is 0 Å². The Morgan fingerprint density at radius 2 is 1.12 bits per heavy atom. The number of allylic oxidation sites excluding steroid dienone is 4. The van der Waals surface area contributed by atoms with Gasteiger partial charge in [-0.25, -0.2) is 12.2 Å². The zero-order valence-electron chi connectivity index (χ0n) is 16.6. The fourth-order valence-corrected chi connectivity index (χ4v) is 0.340. The summed E-state index contributed by atoms with van der Waals surface area (Å²) in [5, 5.41) is 20.3. The minimum atomic E-state index is -3.83. The standard InChI is InChI=1S/C5H5.C3H6F3Ge.3C3H8O.Zr/c1-2-4-5-3-1;1-7(2)3(4,5)6;3*1-3(2)4;/h1-3H,4H2;1-2H3;3*3-4H,1-2H3;/q-1;;;;;. The SMILES string of the molecule is CC(C)O.CC(C)O.CC(C)O.[C-]1=CC=CC1.[CH3][Ge]([CH3])[C](F)(F)F.[Zr]. The van der Waals surface area contributed by atoms with Gasteiger partial charge in [-0.1, -0.05) is 0 Å². The van der Waals surface area contributed by atoms with Gasteiger partial charge in [0.05, 0.1) is 0 Å². The maximum atomic E-state index is 11.3. The Hall–Kier alpha value is 0.576. The zero-order chi connectivity index (χ0) is 20.3. The van der Waals surface area contributed by atoms with Crippen molar-refractivity contribution in [1.29, 1.82) is 0 Å². The summed E-state index contributed by atoms with van der Waals surface area (Å²) < 4.78 is 33.8. The number of hydrogen-bond acceptors (Lipinski definition) is 3. The Kier molecular flexibility index (Phi) is 35.9. The third-order valence-electron chi connectivity index (χ3n) is 1.15. The topological polar surface area (TPSA) is 60.7 Å². The normalized spacial score (nSPS) is 11.4. The van der Waals surface area contributed by atoms with E-state index in [1.165, 1.54) is 11.5 Å². The quantitative estimate of drug-likeness (QED) is 0.338. The molecule has 1 aliphatic rings. The number of aliphatic hydroxyl groups excluding tert-OH is 3. The van der Waals surface area contributed by atoms with Crippen molar-refractivity contribution in [3.05, 3.63) is 24.3 Å². The van der Waals surface area contributed by atoms with Crippen LogP contribution < -0.4 is 0 Å². The molecule has 1 radical (unpaired) electrons. The summed E-state index contributed by atoms with van der Waals surface area (Å²) in [7, 11) is 0. The van der Waals surface area contributed by atoms with Gasteiger partial charge in [0.15, 0.2) is 0 Å². The van der Waals surface area contributed by atoms with E-state index >= 15 is 0 Å². The molecule has 1 aliphatic carbocycles. The van der Waals surface area contributed by atoms with Gasteiger partial charge < -0.3 is 15.3 Å². The molecule has 0 bridgehead atoms. The molecular formula is C17H35F3GeO3Zr-. The van der Waals surface area contributed by atoms with E-state index in [1.807, 2.05) is 12.2 Å². The molecule has 0 saturated carbocycles. The van der Waals surface area contributed by atoms with Crippen molar-refractivity contribution >= 4 is 14.3 Å². The van der Waals surface area contributed by atoms with Crippen molar-refractivity contribution in [3.8, 4) is 0 Å². The Morgan fingerprint density at radius 1 is 0.880 bits per heavy atom. The van der Waals surface area contributed by atoms with E-state index in [4.69, 9.17) is 15.3 Å². The molecule has 0 aromatic rings. The molecule has 25 heavy (non-hydrogen) atoms. The molecule has 0 amide bonds. The van der Waals surface area contributed by atoms with Crippen molar-refractivity contribution < 1.29 is 54.7 Å². The van der Waals surface area contributed by atoms with Crippen molar-refractivity contribution in [1.82, 2.24) is 0 Å². The van der Waals surface area contributed by atoms with Crippen molar-refractivity contribution in [2.75, 3.05) is 0 Å². The van der Waals surface area contributed by atoms with Crippen LogP contribution in [0.5, 0.6) is 0 Å². The van der Waals surface area contributed by atoms with Crippen LogP contribution in [0.1, 0.15) is 48.0 Å². The Bertz CT molecular complexity index is 261. The van der Waals surface area contributed by atoms with Crippen LogP contribution in [0, 0.1) is 6.08 Å². The molecular weight excluding hydrogens is 473 g/mol. The van der Waals surface area contributed by atoms with Crippen LogP contribution in [0.25, 0.3) is 0 Å². The van der Waals surface area contributed by atoms with Crippen LogP contribution in [0.15, 0.2) is 18.2 Å². The van der Waals surface area contributed by atoms with Gasteiger partial charge in [-0.3, -0.25) is 6.08 Å². The second kappa shape index (κ2) is 24.6. The summed E-state index contributed by atoms with van der Waals surface area (Å²) in [4.78, 5) is 0. The zero-order valence-corrected chi connectivity index (χ0v) is 21.2. The summed E-state index contributed by atoms with van der Waals surface area (Å²) in [6.45, 7) is 10.3. The molecule has 0 aromatic carbocycles. The molecule has 0 unspecified atom stereocenters. The monoisotopic (exact) mass is 508 g/mol. The minimum absolute atomic E-state index is 0. The van der Waals surface area contributed by atoms with Crippen LogP contribution >= 0.6 is 0 Å². The number of alkyl halides is 3. The van der Waals surface area contributed by atoms with E-state index in [1.54, 1.807) is 41.5 Å². The average Bonchev–Trinajstić information content (AvgIpc) is 2.82. The number of rotatable bonds is 0. The van der Waals surface area contributed by atoms with Crippen LogP contribution in [0.3, 0.4) is 0 Å². The van der Waals surface area contributed by atoms with Crippen LogP contribution in [0.4, 0.5) is 13.2 Å². The molecule has 0 atom stereocenters. The molecule has 3 N–H and O–H groups in total. The molecule has 0 spiro atoms. The van der Waals surface area contributed by atoms with E-state index < -0.39 is 19.4 Å². The molecule has 151 valence electrons. The van der Waals surface area contributed by atoms with Crippen molar-refractivity contribution in [2.45, 2.75) is 82.8 Å². The summed E-state index contributed by atoms with van der Waals surface area (Å²) in [6, 6.07) is 0. The second-order valence-corrected chi connectivity index (χ2v) is 11.2. The van der Waals surface area contributed by atoms with E-state index in [-0.39, 0.29) is 44.5 Å². The first-order valence-corrected chi connectivity index (χ1v) is 13.0. The van der Waals surface area contributed by atoms with Crippen molar-refractivity contribution in [2.24, 2.45) is 0 Å². The summed E-state index contributed by atoms with van der Waals surface area (Å²) in [5.74, 6) is 2.58. The first-order chi connectivity index (χ1) is 10.6. The smallest absolute Gasteiger partial charge is 0 e. The third-order valence-corrected chi connectivity index (χ3v) is 3.53. The number of aliphatic hydroxyl groups is 3. The molecule has 0 aromatic heterocycles. The average molecular weight is 508 g/mol. The number of hydrogen-bond donors (Lipinski definition) is 3. The van der Waals surface area contributed by atoms with Crippen molar-refractivity contribution in [3.63, 3.8) is 0 Å². The van der Waals surface area contributed by atoms with E-state index in [9.17, 15) is 13.2 Å². The largest absolute Gasteiger partial charge is 0 e. The van der Waals surface area contributed by atoms with Gasteiger partial charge in [-0.2, -0.15) is 6.08 Å². The Morgan fingerprint density at radius 3 is 1.16 bits per heavy atom. The van der Waals surface area contributed by atoms with E-state index in [0.29, 0.717) is 0 Å². The molecule has 8 heteroatoms. The number of halogens is 3. The molecule has 0 saturated heterocycles. The fourth-order valence-electron chi connectivity index (χ4n) is 0.340. The summed E-state index contributed by atoms with van der Waals surface area (Å²) in [6.07, 6.45) is 9.50. The molecule has 0 fully saturated rings. The van der Waals surface area contributed by atoms with Gasteiger partial charge in [0.1, 0.15) is 0 Å². The van der Waals surface area contributed by atoms with Crippen LogP contribution in [0.2, 0.25) is 11.5 Å². The Balaban J connectivity index is -0.0000000675. The Labute approximate surface area is 175 Å². The summed E-state index contributed by atoms with van der Waals surface area (Å²) in [5.41, 5.74) is 0.